The van der Waals surface area contributed by atoms with Gasteiger partial charge in [-0.25, -0.2) is 15.0 Å². The Morgan fingerprint density at radius 1 is 1.23 bits per heavy atom. The summed E-state index contributed by atoms with van der Waals surface area (Å²) in [4.78, 5) is 30.4. The molecule has 1 aliphatic rings. The Labute approximate surface area is 128 Å². The van der Waals surface area contributed by atoms with Gasteiger partial charge in [0.25, 0.3) is 0 Å². The standard InChI is InChI=1S/C15H18N6O/c1-11(22)21-7-2-4-12(10-21)13-8-19-14(9-18-13)20-15-16-5-3-6-17-15/h3,5-6,8-9,12H,2,4,7,10H2,1H3,(H,16,17,19,20)/t12-/m0/s1. The second kappa shape index (κ2) is 6.46. The Kier molecular flexibility index (Phi) is 4.22. The van der Waals surface area contributed by atoms with Gasteiger partial charge in [-0.15, -0.1) is 0 Å². The number of hydrogen-bond acceptors (Lipinski definition) is 6. The molecule has 1 N–H and O–H groups in total. The Morgan fingerprint density at radius 3 is 2.73 bits per heavy atom. The number of likely N-dealkylation sites (tertiary alicyclic amines) is 1. The highest BCUT2D eigenvalue weighted by Gasteiger charge is 2.23. The molecule has 2 aromatic heterocycles. The molecule has 1 atom stereocenters. The van der Waals surface area contributed by atoms with Crippen molar-refractivity contribution in [2.75, 3.05) is 18.4 Å². The summed E-state index contributed by atoms with van der Waals surface area (Å²) < 4.78 is 0. The molecule has 1 amide bonds. The molecule has 114 valence electrons. The van der Waals surface area contributed by atoms with E-state index in [-0.39, 0.29) is 11.8 Å². The first-order valence-electron chi connectivity index (χ1n) is 7.34. The smallest absolute Gasteiger partial charge is 0.228 e. The van der Waals surface area contributed by atoms with Gasteiger partial charge in [0.15, 0.2) is 5.82 Å². The number of aromatic nitrogens is 4. The van der Waals surface area contributed by atoms with E-state index in [0.29, 0.717) is 11.8 Å². The maximum Gasteiger partial charge on any atom is 0.228 e. The lowest BCUT2D eigenvalue weighted by atomic mass is 9.95. The van der Waals surface area contributed by atoms with E-state index in [9.17, 15) is 4.79 Å². The van der Waals surface area contributed by atoms with Crippen LogP contribution in [0.3, 0.4) is 0 Å². The summed E-state index contributed by atoms with van der Waals surface area (Å²) in [5.74, 6) is 1.48. The van der Waals surface area contributed by atoms with Crippen molar-refractivity contribution in [2.45, 2.75) is 25.7 Å². The Hall–Kier alpha value is -2.57. The van der Waals surface area contributed by atoms with Gasteiger partial charge in [-0.2, -0.15) is 0 Å². The van der Waals surface area contributed by atoms with Crippen LogP contribution in [0.15, 0.2) is 30.9 Å². The van der Waals surface area contributed by atoms with E-state index in [1.165, 1.54) is 0 Å². The Bertz CT molecular complexity index is 630. The molecule has 1 aliphatic heterocycles. The third kappa shape index (κ3) is 3.36. The number of nitrogens with one attached hydrogen (secondary N) is 1. The summed E-state index contributed by atoms with van der Waals surface area (Å²) in [6.45, 7) is 3.17. The number of amides is 1. The summed E-state index contributed by atoms with van der Waals surface area (Å²) in [7, 11) is 0. The number of carbonyl (C=O) groups is 1. The number of rotatable bonds is 3. The fourth-order valence-corrected chi connectivity index (χ4v) is 2.60. The highest BCUT2D eigenvalue weighted by molar-refractivity contribution is 5.73. The van der Waals surface area contributed by atoms with Gasteiger partial charge in [-0.3, -0.25) is 9.78 Å². The van der Waals surface area contributed by atoms with Crippen LogP contribution >= 0.6 is 0 Å². The highest BCUT2D eigenvalue weighted by atomic mass is 16.2. The van der Waals surface area contributed by atoms with Crippen LogP contribution in [-0.4, -0.2) is 43.8 Å². The second-order valence-corrected chi connectivity index (χ2v) is 5.33. The molecule has 3 heterocycles. The van der Waals surface area contributed by atoms with E-state index in [4.69, 9.17) is 0 Å². The van der Waals surface area contributed by atoms with Crippen molar-refractivity contribution in [3.63, 3.8) is 0 Å². The predicted octanol–water partition coefficient (Wildman–Crippen LogP) is 1.74. The van der Waals surface area contributed by atoms with Crippen LogP contribution in [0.5, 0.6) is 0 Å². The van der Waals surface area contributed by atoms with Gasteiger partial charge in [0.2, 0.25) is 11.9 Å². The number of nitrogens with zero attached hydrogens (tertiary/aromatic N) is 5. The van der Waals surface area contributed by atoms with E-state index >= 15 is 0 Å². The van der Waals surface area contributed by atoms with Gasteiger partial charge in [-0.05, 0) is 18.9 Å². The van der Waals surface area contributed by atoms with Crippen molar-refractivity contribution in [3.8, 4) is 0 Å². The molecule has 0 unspecified atom stereocenters. The highest BCUT2D eigenvalue weighted by Crippen LogP contribution is 2.25. The maximum absolute atomic E-state index is 11.5. The number of piperidine rings is 1. The zero-order valence-corrected chi connectivity index (χ0v) is 12.4. The summed E-state index contributed by atoms with van der Waals surface area (Å²) in [5, 5.41) is 3.00. The number of carbonyl (C=O) groups excluding carboxylic acids is 1. The van der Waals surface area contributed by atoms with Crippen molar-refractivity contribution in [2.24, 2.45) is 0 Å². The quantitative estimate of drug-likeness (QED) is 0.929. The molecule has 0 bridgehead atoms. The lowest BCUT2D eigenvalue weighted by molar-refractivity contribution is -0.130. The van der Waals surface area contributed by atoms with Gasteiger partial charge in [-0.1, -0.05) is 0 Å². The van der Waals surface area contributed by atoms with E-state index < -0.39 is 0 Å². The fraction of sp³-hybridized carbons (Fsp3) is 0.400. The first-order chi connectivity index (χ1) is 10.7. The molecule has 0 aliphatic carbocycles. The third-order valence-corrected chi connectivity index (χ3v) is 3.76. The summed E-state index contributed by atoms with van der Waals surface area (Å²) >= 11 is 0. The van der Waals surface area contributed by atoms with Gasteiger partial charge in [0.1, 0.15) is 0 Å². The monoisotopic (exact) mass is 298 g/mol. The van der Waals surface area contributed by atoms with Crippen LogP contribution in [0.25, 0.3) is 0 Å². The Morgan fingerprint density at radius 2 is 2.05 bits per heavy atom. The first kappa shape index (κ1) is 14.4. The van der Waals surface area contributed by atoms with E-state index in [0.717, 1.165) is 31.6 Å². The number of hydrogen-bond donors (Lipinski definition) is 1. The molecule has 0 saturated carbocycles. The van der Waals surface area contributed by atoms with Crippen LogP contribution in [0.2, 0.25) is 0 Å². The lowest BCUT2D eigenvalue weighted by Gasteiger charge is -2.31. The van der Waals surface area contributed by atoms with E-state index in [1.807, 2.05) is 4.90 Å². The Balaban J connectivity index is 1.67. The topological polar surface area (TPSA) is 83.9 Å². The maximum atomic E-state index is 11.5. The fourth-order valence-electron chi connectivity index (χ4n) is 2.60. The lowest BCUT2D eigenvalue weighted by Crippen LogP contribution is -2.37. The zero-order chi connectivity index (χ0) is 15.4. The SMILES string of the molecule is CC(=O)N1CCC[C@H](c2cnc(Nc3ncccn3)cn2)C1. The molecule has 7 heteroatoms. The minimum Gasteiger partial charge on any atom is -0.342 e. The van der Waals surface area contributed by atoms with Gasteiger partial charge in [0, 0.05) is 38.3 Å². The van der Waals surface area contributed by atoms with Crippen LogP contribution < -0.4 is 5.32 Å². The normalized spacial score (nSPS) is 18.0. The average Bonchev–Trinajstić information content (AvgIpc) is 2.56. The van der Waals surface area contributed by atoms with Crippen LogP contribution in [0.4, 0.5) is 11.8 Å². The molecule has 0 radical (unpaired) electrons. The van der Waals surface area contributed by atoms with Crippen LogP contribution in [0.1, 0.15) is 31.4 Å². The van der Waals surface area contributed by atoms with Crippen molar-refractivity contribution < 1.29 is 4.79 Å². The van der Waals surface area contributed by atoms with Gasteiger partial charge >= 0.3 is 0 Å². The zero-order valence-electron chi connectivity index (χ0n) is 12.4. The predicted molar refractivity (Wildman–Crippen MR) is 81.6 cm³/mol. The largest absolute Gasteiger partial charge is 0.342 e. The first-order valence-corrected chi connectivity index (χ1v) is 7.34. The molecule has 7 nitrogen and oxygen atoms in total. The second-order valence-electron chi connectivity index (χ2n) is 5.33. The molecule has 0 aromatic carbocycles. The molecule has 2 aromatic rings. The van der Waals surface area contributed by atoms with Crippen molar-refractivity contribution in [1.82, 2.24) is 24.8 Å². The molecule has 22 heavy (non-hydrogen) atoms. The number of anilines is 2. The molecular weight excluding hydrogens is 280 g/mol. The average molecular weight is 298 g/mol. The van der Waals surface area contributed by atoms with Crippen molar-refractivity contribution in [1.29, 1.82) is 0 Å². The molecular formula is C15H18N6O. The van der Waals surface area contributed by atoms with Crippen LogP contribution in [-0.2, 0) is 4.79 Å². The molecule has 1 fully saturated rings. The van der Waals surface area contributed by atoms with Crippen molar-refractivity contribution in [3.05, 3.63) is 36.5 Å². The van der Waals surface area contributed by atoms with E-state index in [2.05, 4.69) is 25.3 Å². The molecule has 0 spiro atoms. The minimum absolute atomic E-state index is 0.122. The van der Waals surface area contributed by atoms with Crippen LogP contribution in [0, 0.1) is 0 Å². The molecule has 1 saturated heterocycles. The summed E-state index contributed by atoms with van der Waals surface area (Å²) in [5.41, 5.74) is 0.922. The van der Waals surface area contributed by atoms with Gasteiger partial charge < -0.3 is 10.2 Å². The summed E-state index contributed by atoms with van der Waals surface area (Å²) in [6.07, 6.45) is 8.81. The van der Waals surface area contributed by atoms with Crippen molar-refractivity contribution >= 4 is 17.7 Å². The van der Waals surface area contributed by atoms with E-state index in [1.54, 1.807) is 37.8 Å². The minimum atomic E-state index is 0.122. The molecule has 3 rings (SSSR count). The summed E-state index contributed by atoms with van der Waals surface area (Å²) in [6, 6.07) is 1.75. The van der Waals surface area contributed by atoms with Gasteiger partial charge in [0.05, 0.1) is 18.1 Å². The third-order valence-electron chi connectivity index (χ3n) is 3.76.